The second-order valence-electron chi connectivity index (χ2n) is 5.30. The maximum absolute atomic E-state index is 12.6. The summed E-state index contributed by atoms with van der Waals surface area (Å²) in [6.07, 6.45) is 1.57. The molecule has 136 valence electrons. The Morgan fingerprint density at radius 2 is 2.08 bits per heavy atom. The highest BCUT2D eigenvalue weighted by molar-refractivity contribution is 5.85. The lowest BCUT2D eigenvalue weighted by Crippen LogP contribution is -2.37. The molecule has 1 saturated heterocycles. The molecule has 0 aliphatic carbocycles. The summed E-state index contributed by atoms with van der Waals surface area (Å²) in [6, 6.07) is 4.90. The van der Waals surface area contributed by atoms with Gasteiger partial charge in [-0.25, -0.2) is 0 Å². The number of nitrogens with one attached hydrogen (secondary N) is 2. The van der Waals surface area contributed by atoms with Crippen LogP contribution in [-0.4, -0.2) is 32.2 Å². The summed E-state index contributed by atoms with van der Waals surface area (Å²) in [5, 5.41) is 6.00. The molecule has 5 nitrogen and oxygen atoms in total. The molecule has 0 unspecified atom stereocenters. The van der Waals surface area contributed by atoms with E-state index in [0.717, 1.165) is 25.9 Å². The number of benzene rings is 1. The second kappa shape index (κ2) is 10.3. The van der Waals surface area contributed by atoms with Crippen molar-refractivity contribution >= 4 is 18.3 Å². The molecule has 1 aromatic carbocycles. The second-order valence-corrected chi connectivity index (χ2v) is 5.30. The van der Waals surface area contributed by atoms with E-state index in [1.54, 1.807) is 25.1 Å². The zero-order valence-electron chi connectivity index (χ0n) is 13.5. The van der Waals surface area contributed by atoms with E-state index in [4.69, 9.17) is 4.74 Å². The Morgan fingerprint density at radius 3 is 2.71 bits per heavy atom. The number of piperidine rings is 1. The van der Waals surface area contributed by atoms with Crippen LogP contribution in [0.5, 0.6) is 11.5 Å². The Hall–Kier alpha value is -1.60. The van der Waals surface area contributed by atoms with Crippen molar-refractivity contribution in [3.8, 4) is 11.5 Å². The molecule has 1 amide bonds. The van der Waals surface area contributed by atoms with Crippen LogP contribution in [0.1, 0.15) is 25.3 Å². The largest absolute Gasteiger partial charge is 0.490 e. The van der Waals surface area contributed by atoms with Crippen molar-refractivity contribution < 1.29 is 23.0 Å². The average Bonchev–Trinajstić information content (AvgIpc) is 2.55. The number of carbonyl (C=O) groups is 1. The summed E-state index contributed by atoms with van der Waals surface area (Å²) >= 11 is 0. The molecule has 0 bridgehead atoms. The molecular weight excluding hydrogens is 342 g/mol. The fourth-order valence-electron chi connectivity index (χ4n) is 2.60. The van der Waals surface area contributed by atoms with Crippen molar-refractivity contribution in [2.24, 2.45) is 5.92 Å². The van der Waals surface area contributed by atoms with E-state index in [2.05, 4.69) is 15.4 Å². The van der Waals surface area contributed by atoms with Gasteiger partial charge in [0.25, 0.3) is 0 Å². The Bertz CT molecular complexity index is 526. The van der Waals surface area contributed by atoms with Crippen LogP contribution in [-0.2, 0) is 11.3 Å². The van der Waals surface area contributed by atoms with Crippen LogP contribution in [0.15, 0.2) is 18.2 Å². The quantitative estimate of drug-likeness (QED) is 0.781. The zero-order valence-corrected chi connectivity index (χ0v) is 14.3. The number of carbonyl (C=O) groups excluding carboxylic acids is 1. The van der Waals surface area contributed by atoms with E-state index >= 15 is 0 Å². The monoisotopic (exact) mass is 364 g/mol. The number of alkyl halides is 2. The minimum atomic E-state index is -2.95. The predicted molar refractivity (Wildman–Crippen MR) is 88.9 cm³/mol. The Morgan fingerprint density at radius 1 is 1.38 bits per heavy atom. The highest BCUT2D eigenvalue weighted by atomic mass is 35.5. The maximum Gasteiger partial charge on any atom is 0.387 e. The van der Waals surface area contributed by atoms with E-state index < -0.39 is 6.61 Å². The number of para-hydroxylation sites is 1. The molecule has 2 N–H and O–H groups in total. The lowest BCUT2D eigenvalue weighted by molar-refractivity contribution is -0.125. The van der Waals surface area contributed by atoms with Gasteiger partial charge >= 0.3 is 6.61 Å². The number of hydrogen-bond donors (Lipinski definition) is 2. The van der Waals surface area contributed by atoms with Crippen molar-refractivity contribution in [3.63, 3.8) is 0 Å². The molecule has 0 spiro atoms. The van der Waals surface area contributed by atoms with Gasteiger partial charge in [0.15, 0.2) is 11.5 Å². The summed E-state index contributed by atoms with van der Waals surface area (Å²) < 4.78 is 35.2. The van der Waals surface area contributed by atoms with Crippen LogP contribution in [0.4, 0.5) is 8.78 Å². The lowest BCUT2D eigenvalue weighted by Gasteiger charge is -2.22. The number of rotatable bonds is 7. The highest BCUT2D eigenvalue weighted by Crippen LogP contribution is 2.32. The first-order valence-electron chi connectivity index (χ1n) is 7.79. The van der Waals surface area contributed by atoms with E-state index in [0.29, 0.717) is 12.2 Å². The van der Waals surface area contributed by atoms with Gasteiger partial charge in [-0.2, -0.15) is 8.78 Å². The molecule has 0 aromatic heterocycles. The summed E-state index contributed by atoms with van der Waals surface area (Å²) in [6.45, 7) is 0.916. The first-order valence-corrected chi connectivity index (χ1v) is 7.79. The molecule has 1 aliphatic rings. The van der Waals surface area contributed by atoms with E-state index in [1.807, 2.05) is 0 Å². The van der Waals surface area contributed by atoms with Crippen LogP contribution in [0.25, 0.3) is 0 Å². The molecule has 1 aliphatic heterocycles. The average molecular weight is 365 g/mol. The van der Waals surface area contributed by atoms with Gasteiger partial charge in [-0.3, -0.25) is 4.79 Å². The summed E-state index contributed by atoms with van der Waals surface area (Å²) in [4.78, 5) is 12.2. The van der Waals surface area contributed by atoms with Crippen molar-refractivity contribution in [2.75, 3.05) is 19.7 Å². The van der Waals surface area contributed by atoms with Crippen LogP contribution in [0.3, 0.4) is 0 Å². The van der Waals surface area contributed by atoms with Gasteiger partial charge in [-0.05, 0) is 38.9 Å². The molecule has 1 aromatic rings. The van der Waals surface area contributed by atoms with Crippen LogP contribution < -0.4 is 20.1 Å². The Balaban J connectivity index is 0.00000288. The van der Waals surface area contributed by atoms with Crippen molar-refractivity contribution in [1.82, 2.24) is 10.6 Å². The smallest absolute Gasteiger partial charge is 0.387 e. The normalized spacial score (nSPS) is 14.8. The van der Waals surface area contributed by atoms with Gasteiger partial charge in [-0.15, -0.1) is 12.4 Å². The standard InChI is InChI=1S/C16H22F2N2O3.ClH/c1-2-22-13-5-3-4-12(14(13)23-16(17)18)10-20-15(21)11-6-8-19-9-7-11;/h3-5,11,16,19H,2,6-10H2,1H3,(H,20,21);1H. The third-order valence-electron chi connectivity index (χ3n) is 3.73. The van der Waals surface area contributed by atoms with Crippen LogP contribution >= 0.6 is 12.4 Å². The molecule has 1 fully saturated rings. The number of halogens is 3. The van der Waals surface area contributed by atoms with Crippen LogP contribution in [0.2, 0.25) is 0 Å². The first-order chi connectivity index (χ1) is 11.1. The Kier molecular flexibility index (Phi) is 8.78. The summed E-state index contributed by atoms with van der Waals surface area (Å²) in [7, 11) is 0. The zero-order chi connectivity index (χ0) is 16.7. The van der Waals surface area contributed by atoms with Crippen molar-refractivity contribution in [1.29, 1.82) is 0 Å². The van der Waals surface area contributed by atoms with Gasteiger partial charge < -0.3 is 20.1 Å². The molecule has 24 heavy (non-hydrogen) atoms. The molecule has 0 radical (unpaired) electrons. The lowest BCUT2D eigenvalue weighted by atomic mass is 9.97. The fraction of sp³-hybridized carbons (Fsp3) is 0.562. The topological polar surface area (TPSA) is 59.6 Å². The summed E-state index contributed by atoms with van der Waals surface area (Å²) in [5.41, 5.74) is 0.471. The van der Waals surface area contributed by atoms with Crippen LogP contribution in [0, 0.1) is 5.92 Å². The molecule has 2 rings (SSSR count). The number of amides is 1. The molecule has 0 atom stereocenters. The minimum absolute atomic E-state index is 0. The maximum atomic E-state index is 12.6. The van der Waals surface area contributed by atoms with E-state index in [-0.39, 0.29) is 42.3 Å². The number of hydrogen-bond acceptors (Lipinski definition) is 4. The first kappa shape index (κ1) is 20.4. The summed E-state index contributed by atoms with van der Waals surface area (Å²) in [5.74, 6) is 0.137. The van der Waals surface area contributed by atoms with E-state index in [1.165, 1.54) is 0 Å². The third-order valence-corrected chi connectivity index (χ3v) is 3.73. The predicted octanol–water partition coefficient (Wildman–Crippen LogP) is 2.72. The van der Waals surface area contributed by atoms with Gasteiger partial charge in [0.05, 0.1) is 6.61 Å². The third kappa shape index (κ3) is 5.79. The molecule has 8 heteroatoms. The fourth-order valence-corrected chi connectivity index (χ4v) is 2.60. The molecule has 0 saturated carbocycles. The van der Waals surface area contributed by atoms with Gasteiger partial charge in [-0.1, -0.05) is 12.1 Å². The van der Waals surface area contributed by atoms with Gasteiger partial charge in [0.1, 0.15) is 0 Å². The number of ether oxygens (including phenoxy) is 2. The van der Waals surface area contributed by atoms with Gasteiger partial charge in [0.2, 0.25) is 5.91 Å². The highest BCUT2D eigenvalue weighted by Gasteiger charge is 2.22. The van der Waals surface area contributed by atoms with Crippen molar-refractivity contribution in [3.05, 3.63) is 23.8 Å². The van der Waals surface area contributed by atoms with E-state index in [9.17, 15) is 13.6 Å². The SMILES string of the molecule is CCOc1cccc(CNC(=O)C2CCNCC2)c1OC(F)F.Cl. The molecular formula is C16H23ClF2N2O3. The van der Waals surface area contributed by atoms with Gasteiger partial charge in [0, 0.05) is 18.0 Å². The Labute approximate surface area is 146 Å². The minimum Gasteiger partial charge on any atom is -0.490 e. The van der Waals surface area contributed by atoms with Crippen molar-refractivity contribution in [2.45, 2.75) is 32.9 Å². The molecule has 1 heterocycles.